The third-order valence-corrected chi connectivity index (χ3v) is 7.18. The second-order valence-electron chi connectivity index (χ2n) is 8.07. The summed E-state index contributed by atoms with van der Waals surface area (Å²) < 4.78 is 52.0. The van der Waals surface area contributed by atoms with E-state index in [0.717, 1.165) is 55.8 Å². The molecule has 34 heavy (non-hydrogen) atoms. The third kappa shape index (κ3) is 5.60. The molecule has 1 fully saturated rings. The molecule has 0 aromatic heterocycles. The van der Waals surface area contributed by atoms with Crippen LogP contribution in [0.15, 0.2) is 71.6 Å². The maximum absolute atomic E-state index is 13.5. The van der Waals surface area contributed by atoms with Gasteiger partial charge in [0.2, 0.25) is 0 Å². The van der Waals surface area contributed by atoms with Crippen LogP contribution in [-0.4, -0.2) is 53.7 Å². The van der Waals surface area contributed by atoms with Crippen LogP contribution in [0.2, 0.25) is 0 Å². The maximum Gasteiger partial charge on any atom is 0.261 e. The molecule has 0 saturated carbocycles. The van der Waals surface area contributed by atoms with Crippen molar-refractivity contribution in [2.24, 2.45) is 0 Å². The van der Waals surface area contributed by atoms with Crippen molar-refractivity contribution in [1.29, 1.82) is 0 Å². The van der Waals surface area contributed by atoms with Crippen molar-refractivity contribution in [2.45, 2.75) is 11.4 Å². The van der Waals surface area contributed by atoms with E-state index in [0.29, 0.717) is 11.4 Å². The number of methoxy groups -OCH3 is 2. The molecule has 3 aromatic rings. The number of piperazine rings is 1. The van der Waals surface area contributed by atoms with Crippen molar-refractivity contribution >= 4 is 21.4 Å². The molecule has 3 aromatic carbocycles. The lowest BCUT2D eigenvalue weighted by Crippen LogP contribution is -2.46. The molecule has 1 heterocycles. The predicted molar refractivity (Wildman–Crippen MR) is 131 cm³/mol. The first-order valence-electron chi connectivity index (χ1n) is 10.9. The van der Waals surface area contributed by atoms with Gasteiger partial charge in [0.1, 0.15) is 5.82 Å². The molecule has 0 aliphatic carbocycles. The van der Waals surface area contributed by atoms with E-state index < -0.39 is 15.8 Å². The van der Waals surface area contributed by atoms with Gasteiger partial charge in [-0.1, -0.05) is 18.2 Å². The molecular formula is C25H28FN3O4S. The molecule has 4 rings (SSSR count). The largest absolute Gasteiger partial charge is 0.493 e. The number of hydrogen-bond donors (Lipinski definition) is 1. The minimum atomic E-state index is -3.87. The number of benzene rings is 3. The van der Waals surface area contributed by atoms with Crippen LogP contribution in [0.3, 0.4) is 0 Å². The minimum Gasteiger partial charge on any atom is -0.493 e. The van der Waals surface area contributed by atoms with Crippen LogP contribution in [0, 0.1) is 5.82 Å². The van der Waals surface area contributed by atoms with Gasteiger partial charge in [0.05, 0.1) is 24.8 Å². The van der Waals surface area contributed by atoms with Gasteiger partial charge < -0.3 is 14.4 Å². The second-order valence-corrected chi connectivity index (χ2v) is 9.75. The normalized spacial score (nSPS) is 14.6. The zero-order valence-electron chi connectivity index (χ0n) is 19.2. The van der Waals surface area contributed by atoms with E-state index in [-0.39, 0.29) is 4.90 Å². The van der Waals surface area contributed by atoms with Gasteiger partial charge in [-0.05, 0) is 54.1 Å². The fourth-order valence-electron chi connectivity index (χ4n) is 4.02. The summed E-state index contributed by atoms with van der Waals surface area (Å²) in [6.07, 6.45) is 0. The smallest absolute Gasteiger partial charge is 0.261 e. The van der Waals surface area contributed by atoms with Gasteiger partial charge in [-0.15, -0.1) is 0 Å². The van der Waals surface area contributed by atoms with E-state index in [1.807, 2.05) is 30.3 Å². The topological polar surface area (TPSA) is 71.1 Å². The number of nitrogens with one attached hydrogen (secondary N) is 1. The quantitative estimate of drug-likeness (QED) is 0.521. The fraction of sp³-hybridized carbons (Fsp3) is 0.280. The summed E-state index contributed by atoms with van der Waals surface area (Å²) in [5.74, 6) is 0.836. The first kappa shape index (κ1) is 23.8. The number of hydrogen-bond acceptors (Lipinski definition) is 6. The van der Waals surface area contributed by atoms with Gasteiger partial charge in [0.15, 0.2) is 11.5 Å². The van der Waals surface area contributed by atoms with Gasteiger partial charge in [-0.2, -0.15) is 0 Å². The number of sulfonamides is 1. The molecular weight excluding hydrogens is 457 g/mol. The molecule has 1 N–H and O–H groups in total. The van der Waals surface area contributed by atoms with Crippen LogP contribution in [-0.2, 0) is 16.6 Å². The summed E-state index contributed by atoms with van der Waals surface area (Å²) in [5, 5.41) is 0. The number of rotatable bonds is 8. The summed E-state index contributed by atoms with van der Waals surface area (Å²) in [6, 6.07) is 18.2. The Morgan fingerprint density at radius 2 is 1.62 bits per heavy atom. The minimum absolute atomic E-state index is 0.110. The van der Waals surface area contributed by atoms with Crippen LogP contribution in [0.1, 0.15) is 5.56 Å². The Morgan fingerprint density at radius 3 is 2.32 bits per heavy atom. The Balaban J connectivity index is 1.38. The van der Waals surface area contributed by atoms with E-state index >= 15 is 0 Å². The molecule has 0 amide bonds. The van der Waals surface area contributed by atoms with Crippen LogP contribution in [0.5, 0.6) is 11.5 Å². The van der Waals surface area contributed by atoms with E-state index in [2.05, 4.69) is 14.5 Å². The molecule has 1 saturated heterocycles. The van der Waals surface area contributed by atoms with Gasteiger partial charge in [-0.25, -0.2) is 12.8 Å². The molecule has 0 radical (unpaired) electrons. The summed E-state index contributed by atoms with van der Waals surface area (Å²) in [4.78, 5) is 4.49. The van der Waals surface area contributed by atoms with Crippen molar-refractivity contribution in [3.8, 4) is 11.5 Å². The lowest BCUT2D eigenvalue weighted by atomic mass is 10.1. The van der Waals surface area contributed by atoms with Gasteiger partial charge in [0, 0.05) is 38.4 Å². The molecule has 7 nitrogen and oxygen atoms in total. The van der Waals surface area contributed by atoms with Crippen LogP contribution >= 0.6 is 0 Å². The zero-order chi connectivity index (χ0) is 24.1. The molecule has 1 aliphatic heterocycles. The molecule has 0 unspecified atom stereocenters. The van der Waals surface area contributed by atoms with Crippen molar-refractivity contribution in [2.75, 3.05) is 50.0 Å². The number of anilines is 2. The van der Waals surface area contributed by atoms with Crippen molar-refractivity contribution in [1.82, 2.24) is 4.90 Å². The van der Waals surface area contributed by atoms with E-state index in [4.69, 9.17) is 9.47 Å². The summed E-state index contributed by atoms with van der Waals surface area (Å²) in [7, 11) is -0.619. The standard InChI is InChI=1S/C25H28FN3O4S/c1-32-24-10-9-19(15-25(24)33-2)18-28-11-13-29(14-12-28)22-7-4-6-21(17-22)27-34(30,31)23-8-3-5-20(26)16-23/h3-10,15-17,27H,11-14,18H2,1-2H3. The molecule has 0 spiro atoms. The van der Waals surface area contributed by atoms with Crippen molar-refractivity contribution in [3.05, 3.63) is 78.1 Å². The maximum atomic E-state index is 13.5. The molecule has 1 aliphatic rings. The van der Waals surface area contributed by atoms with Gasteiger partial charge in [0.25, 0.3) is 10.0 Å². The third-order valence-electron chi connectivity index (χ3n) is 5.80. The Bertz CT molecular complexity index is 1240. The van der Waals surface area contributed by atoms with Gasteiger partial charge in [-0.3, -0.25) is 9.62 Å². The van der Waals surface area contributed by atoms with Crippen LogP contribution in [0.4, 0.5) is 15.8 Å². The van der Waals surface area contributed by atoms with Gasteiger partial charge >= 0.3 is 0 Å². The Labute approximate surface area is 199 Å². The Morgan fingerprint density at radius 1 is 0.882 bits per heavy atom. The van der Waals surface area contributed by atoms with E-state index in [1.165, 1.54) is 18.2 Å². The SMILES string of the molecule is COc1ccc(CN2CCN(c3cccc(NS(=O)(=O)c4cccc(F)c4)c3)CC2)cc1OC. The number of ether oxygens (including phenoxy) is 2. The monoisotopic (exact) mass is 485 g/mol. The highest BCUT2D eigenvalue weighted by Gasteiger charge is 2.20. The first-order chi connectivity index (χ1) is 16.4. The van der Waals surface area contributed by atoms with Crippen LogP contribution < -0.4 is 19.1 Å². The van der Waals surface area contributed by atoms with Crippen molar-refractivity contribution < 1.29 is 22.3 Å². The molecule has 0 bridgehead atoms. The van der Waals surface area contributed by atoms with Crippen molar-refractivity contribution in [3.63, 3.8) is 0 Å². The summed E-state index contributed by atoms with van der Waals surface area (Å²) >= 11 is 0. The highest BCUT2D eigenvalue weighted by atomic mass is 32.2. The lowest BCUT2D eigenvalue weighted by Gasteiger charge is -2.36. The predicted octanol–water partition coefficient (Wildman–Crippen LogP) is 3.97. The van der Waals surface area contributed by atoms with E-state index in [9.17, 15) is 12.8 Å². The van der Waals surface area contributed by atoms with E-state index in [1.54, 1.807) is 26.4 Å². The number of halogens is 1. The highest BCUT2D eigenvalue weighted by Crippen LogP contribution is 2.29. The average Bonchev–Trinajstić information content (AvgIpc) is 2.84. The highest BCUT2D eigenvalue weighted by molar-refractivity contribution is 7.92. The lowest BCUT2D eigenvalue weighted by molar-refractivity contribution is 0.249. The van der Waals surface area contributed by atoms with Crippen LogP contribution in [0.25, 0.3) is 0 Å². The molecule has 9 heteroatoms. The Hall–Kier alpha value is -3.30. The average molecular weight is 486 g/mol. The summed E-state index contributed by atoms with van der Waals surface area (Å²) in [6.45, 7) is 4.17. The Kier molecular flexibility index (Phi) is 7.23. The first-order valence-corrected chi connectivity index (χ1v) is 12.4. The molecule has 0 atom stereocenters. The zero-order valence-corrected chi connectivity index (χ0v) is 20.0. The fourth-order valence-corrected chi connectivity index (χ4v) is 5.10. The molecule has 180 valence electrons. The number of nitrogens with zero attached hydrogens (tertiary/aromatic N) is 2. The second kappa shape index (κ2) is 10.3. The summed E-state index contributed by atoms with van der Waals surface area (Å²) in [5.41, 5.74) is 2.53.